The van der Waals surface area contributed by atoms with Crippen LogP contribution in [0.2, 0.25) is 0 Å². The molecule has 1 saturated heterocycles. The molecule has 3 rings (SSSR count). The number of halogens is 3. The minimum atomic E-state index is -0.799. The topological polar surface area (TPSA) is 37.4 Å². The lowest BCUT2D eigenvalue weighted by atomic mass is 9.85. The zero-order chi connectivity index (χ0) is 14.4. The van der Waals surface area contributed by atoms with Gasteiger partial charge in [0.1, 0.15) is 11.6 Å². The molecule has 1 fully saturated rings. The zero-order valence-electron chi connectivity index (χ0n) is 10.3. The van der Waals surface area contributed by atoms with Gasteiger partial charge in [-0.25, -0.2) is 13.7 Å². The second-order valence-electron chi connectivity index (χ2n) is 4.89. The molecule has 6 heteroatoms. The van der Waals surface area contributed by atoms with Gasteiger partial charge in [-0.3, -0.25) is 9.59 Å². The first kappa shape index (κ1) is 13.4. The SMILES string of the molecule is O=C1C2CC=CCC2C(=O)N1c1cc(F)c(Br)cc1F. The Balaban J connectivity index is 2.05. The summed E-state index contributed by atoms with van der Waals surface area (Å²) in [4.78, 5) is 25.3. The van der Waals surface area contributed by atoms with Crippen molar-refractivity contribution in [3.63, 3.8) is 0 Å². The number of carbonyl (C=O) groups excluding carboxylic acids is 2. The number of imide groups is 1. The number of rotatable bonds is 1. The number of hydrogen-bond donors (Lipinski definition) is 0. The molecule has 0 N–H and O–H groups in total. The van der Waals surface area contributed by atoms with Crippen molar-refractivity contribution in [1.82, 2.24) is 0 Å². The van der Waals surface area contributed by atoms with Gasteiger partial charge in [0, 0.05) is 6.07 Å². The maximum absolute atomic E-state index is 13.9. The molecule has 0 bridgehead atoms. The Hall–Kier alpha value is -1.56. The second kappa shape index (κ2) is 4.77. The number of allylic oxidation sites excluding steroid dienone is 2. The Morgan fingerprint density at radius 2 is 1.55 bits per heavy atom. The molecule has 104 valence electrons. The van der Waals surface area contributed by atoms with E-state index in [1.807, 2.05) is 12.2 Å². The highest BCUT2D eigenvalue weighted by molar-refractivity contribution is 9.10. The van der Waals surface area contributed by atoms with Gasteiger partial charge in [-0.05, 0) is 34.8 Å². The third-order valence-corrected chi connectivity index (χ3v) is 4.35. The van der Waals surface area contributed by atoms with Crippen LogP contribution < -0.4 is 4.90 Å². The Morgan fingerprint density at radius 1 is 1.00 bits per heavy atom. The van der Waals surface area contributed by atoms with Crippen LogP contribution in [0.1, 0.15) is 12.8 Å². The van der Waals surface area contributed by atoms with Crippen LogP contribution in [0.4, 0.5) is 14.5 Å². The Bertz CT molecular complexity index is 618. The van der Waals surface area contributed by atoms with E-state index in [9.17, 15) is 18.4 Å². The van der Waals surface area contributed by atoms with E-state index >= 15 is 0 Å². The lowest BCUT2D eigenvalue weighted by molar-refractivity contribution is -0.122. The highest BCUT2D eigenvalue weighted by Gasteiger charge is 2.48. The van der Waals surface area contributed by atoms with Crippen molar-refractivity contribution >= 4 is 33.4 Å². The number of anilines is 1. The lowest BCUT2D eigenvalue weighted by Crippen LogP contribution is -2.31. The van der Waals surface area contributed by atoms with Crippen LogP contribution in [0.25, 0.3) is 0 Å². The second-order valence-corrected chi connectivity index (χ2v) is 5.74. The molecule has 1 aromatic rings. The maximum atomic E-state index is 13.9. The summed E-state index contributed by atoms with van der Waals surface area (Å²) >= 11 is 2.87. The number of nitrogens with zero attached hydrogens (tertiary/aromatic N) is 1. The van der Waals surface area contributed by atoms with Gasteiger partial charge in [0.15, 0.2) is 0 Å². The normalized spacial score (nSPS) is 25.2. The Labute approximate surface area is 122 Å². The molecule has 1 heterocycles. The number of hydrogen-bond acceptors (Lipinski definition) is 2. The van der Waals surface area contributed by atoms with Crippen molar-refractivity contribution in [2.24, 2.45) is 11.8 Å². The highest BCUT2D eigenvalue weighted by atomic mass is 79.9. The first-order chi connectivity index (χ1) is 9.50. The zero-order valence-corrected chi connectivity index (χ0v) is 11.9. The molecule has 3 nitrogen and oxygen atoms in total. The summed E-state index contributed by atoms with van der Waals surface area (Å²) in [5.74, 6) is -3.34. The molecule has 0 spiro atoms. The molecule has 2 amide bonds. The monoisotopic (exact) mass is 341 g/mol. The van der Waals surface area contributed by atoms with Crippen LogP contribution in [-0.2, 0) is 9.59 Å². The lowest BCUT2D eigenvalue weighted by Gasteiger charge is -2.16. The largest absolute Gasteiger partial charge is 0.274 e. The summed E-state index contributed by atoms with van der Waals surface area (Å²) in [5, 5.41) is 0. The van der Waals surface area contributed by atoms with Gasteiger partial charge in [-0.2, -0.15) is 0 Å². The van der Waals surface area contributed by atoms with E-state index in [1.54, 1.807) is 0 Å². The van der Waals surface area contributed by atoms with E-state index in [4.69, 9.17) is 0 Å². The van der Waals surface area contributed by atoms with Crippen molar-refractivity contribution in [1.29, 1.82) is 0 Å². The predicted molar refractivity (Wildman–Crippen MR) is 71.9 cm³/mol. The van der Waals surface area contributed by atoms with Crippen LogP contribution in [0.3, 0.4) is 0 Å². The van der Waals surface area contributed by atoms with Gasteiger partial charge in [0.05, 0.1) is 22.0 Å². The molecule has 1 aliphatic heterocycles. The fourth-order valence-electron chi connectivity index (χ4n) is 2.72. The van der Waals surface area contributed by atoms with Crippen LogP contribution in [0, 0.1) is 23.5 Å². The maximum Gasteiger partial charge on any atom is 0.238 e. The molecule has 0 radical (unpaired) electrons. The summed E-state index contributed by atoms with van der Waals surface area (Å²) in [6, 6.07) is 1.80. The first-order valence-electron chi connectivity index (χ1n) is 6.18. The standard InChI is InChI=1S/C14H10BrF2NO2/c15-9-5-11(17)12(6-10(9)16)18-13(19)7-3-1-2-4-8(7)14(18)20/h1-2,5-8H,3-4H2. The average Bonchev–Trinajstić information content (AvgIpc) is 2.68. The molecule has 0 aromatic heterocycles. The fraction of sp³-hybridized carbons (Fsp3) is 0.286. The van der Waals surface area contributed by atoms with Crippen LogP contribution in [0.5, 0.6) is 0 Å². The van der Waals surface area contributed by atoms with Gasteiger partial charge in [0.2, 0.25) is 11.8 Å². The molecule has 1 aliphatic carbocycles. The van der Waals surface area contributed by atoms with Crippen LogP contribution in [0.15, 0.2) is 28.8 Å². The summed E-state index contributed by atoms with van der Waals surface area (Å²) in [6.07, 6.45) is 4.61. The Kier molecular flexibility index (Phi) is 3.20. The smallest absolute Gasteiger partial charge is 0.238 e. The van der Waals surface area contributed by atoms with Crippen molar-refractivity contribution in [3.8, 4) is 0 Å². The van der Waals surface area contributed by atoms with Crippen molar-refractivity contribution in [3.05, 3.63) is 40.4 Å². The summed E-state index contributed by atoms with van der Waals surface area (Å²) in [5.41, 5.74) is -0.310. The molecule has 0 saturated carbocycles. The van der Waals surface area contributed by atoms with E-state index in [-0.39, 0.29) is 10.2 Å². The van der Waals surface area contributed by atoms with Gasteiger partial charge in [-0.15, -0.1) is 0 Å². The van der Waals surface area contributed by atoms with Crippen molar-refractivity contribution in [2.45, 2.75) is 12.8 Å². The number of benzene rings is 1. The molecule has 2 atom stereocenters. The van der Waals surface area contributed by atoms with E-state index in [1.165, 1.54) is 0 Å². The van der Waals surface area contributed by atoms with Crippen LogP contribution >= 0.6 is 15.9 Å². The minimum Gasteiger partial charge on any atom is -0.274 e. The van der Waals surface area contributed by atoms with Gasteiger partial charge in [-0.1, -0.05) is 12.2 Å². The molecular weight excluding hydrogens is 332 g/mol. The third kappa shape index (κ3) is 1.90. The average molecular weight is 342 g/mol. The molecule has 20 heavy (non-hydrogen) atoms. The van der Waals surface area contributed by atoms with Gasteiger partial charge < -0.3 is 0 Å². The minimum absolute atomic E-state index is 0.0445. The third-order valence-electron chi connectivity index (χ3n) is 3.74. The van der Waals surface area contributed by atoms with E-state index in [0.29, 0.717) is 12.8 Å². The molecular formula is C14H10BrF2NO2. The quantitative estimate of drug-likeness (QED) is 0.447. The van der Waals surface area contributed by atoms with Crippen molar-refractivity contribution < 1.29 is 18.4 Å². The van der Waals surface area contributed by atoms with Gasteiger partial charge in [0.25, 0.3) is 0 Å². The van der Waals surface area contributed by atoms with Crippen molar-refractivity contribution in [2.75, 3.05) is 4.90 Å². The number of carbonyl (C=O) groups is 2. The number of fused-ring (bicyclic) bond motifs is 1. The Morgan fingerprint density at radius 3 is 2.10 bits per heavy atom. The number of amides is 2. The van der Waals surface area contributed by atoms with Crippen LogP contribution in [-0.4, -0.2) is 11.8 Å². The molecule has 1 aromatic carbocycles. The predicted octanol–water partition coefficient (Wildman–Crippen LogP) is 3.18. The molecule has 2 unspecified atom stereocenters. The van der Waals surface area contributed by atoms with E-state index in [2.05, 4.69) is 15.9 Å². The summed E-state index contributed by atoms with van der Waals surface area (Å²) in [6.45, 7) is 0. The van der Waals surface area contributed by atoms with Gasteiger partial charge >= 0.3 is 0 Å². The van der Waals surface area contributed by atoms with E-state index < -0.39 is 35.3 Å². The summed E-state index contributed by atoms with van der Waals surface area (Å²) < 4.78 is 27.5. The first-order valence-corrected chi connectivity index (χ1v) is 6.97. The highest BCUT2D eigenvalue weighted by Crippen LogP contribution is 2.39. The fourth-order valence-corrected chi connectivity index (χ4v) is 3.04. The molecule has 2 aliphatic rings. The summed E-state index contributed by atoms with van der Waals surface area (Å²) in [7, 11) is 0. The van der Waals surface area contributed by atoms with E-state index in [0.717, 1.165) is 17.0 Å².